The summed E-state index contributed by atoms with van der Waals surface area (Å²) in [6.07, 6.45) is 3.13. The maximum Gasteiger partial charge on any atom is 0.131 e. The van der Waals surface area contributed by atoms with Gasteiger partial charge in [-0.1, -0.05) is 45.4 Å². The lowest BCUT2D eigenvalue weighted by atomic mass is 9.91. The van der Waals surface area contributed by atoms with Gasteiger partial charge in [0.1, 0.15) is 11.6 Å². The Bertz CT molecular complexity index is 632. The fourth-order valence-electron chi connectivity index (χ4n) is 2.80. The number of hydrogen-bond acceptors (Lipinski definition) is 1. The molecule has 1 nitrogen and oxygen atoms in total. The van der Waals surface area contributed by atoms with Gasteiger partial charge in [0, 0.05) is 5.56 Å². The van der Waals surface area contributed by atoms with Gasteiger partial charge in [-0.2, -0.15) is 0 Å². The largest absolute Gasteiger partial charge is 0.497 e. The molecule has 0 N–H and O–H groups in total. The summed E-state index contributed by atoms with van der Waals surface area (Å²) in [7, 11) is 1.61. The first kappa shape index (κ1) is 16.5. The van der Waals surface area contributed by atoms with E-state index < -0.39 is 0 Å². The number of benzene rings is 2. The molecule has 0 aliphatic heterocycles. The topological polar surface area (TPSA) is 9.23 Å². The van der Waals surface area contributed by atoms with Crippen molar-refractivity contribution in [3.05, 3.63) is 53.3 Å². The molecule has 0 atom stereocenters. The van der Waals surface area contributed by atoms with Gasteiger partial charge in [-0.25, -0.2) is 4.39 Å². The monoisotopic (exact) mass is 300 g/mol. The molecule has 2 heteroatoms. The van der Waals surface area contributed by atoms with Crippen LogP contribution in [0.4, 0.5) is 4.39 Å². The van der Waals surface area contributed by atoms with E-state index in [2.05, 4.69) is 39.0 Å². The maximum absolute atomic E-state index is 14.3. The number of ether oxygens (including phenoxy) is 1. The highest BCUT2D eigenvalue weighted by atomic mass is 19.1. The Morgan fingerprint density at radius 1 is 1.05 bits per heavy atom. The van der Waals surface area contributed by atoms with Crippen molar-refractivity contribution in [2.75, 3.05) is 7.11 Å². The van der Waals surface area contributed by atoms with Crippen molar-refractivity contribution in [3.63, 3.8) is 0 Å². The lowest BCUT2D eigenvalue weighted by molar-refractivity contribution is 0.414. The zero-order valence-electron chi connectivity index (χ0n) is 13.9. The zero-order chi connectivity index (χ0) is 16.1. The molecule has 0 unspecified atom stereocenters. The molecule has 0 aromatic heterocycles. The van der Waals surface area contributed by atoms with Crippen molar-refractivity contribution in [2.45, 2.75) is 40.0 Å². The fraction of sp³-hybridized carbons (Fsp3) is 0.400. The second kappa shape index (κ2) is 7.44. The smallest absolute Gasteiger partial charge is 0.131 e. The standard InChI is InChI=1S/C20H25FO/c1-5-6-15-7-9-18(16(12-15)11-14(2)3)19-13-17(22-4)8-10-20(19)21/h7-10,12-14H,5-6,11H2,1-4H3. The van der Waals surface area contributed by atoms with Crippen molar-refractivity contribution in [2.24, 2.45) is 5.92 Å². The molecule has 2 aromatic carbocycles. The molecule has 2 aromatic rings. The second-order valence-corrected chi connectivity index (χ2v) is 6.19. The number of hydrogen-bond donors (Lipinski definition) is 0. The first-order valence-corrected chi connectivity index (χ1v) is 8.00. The van der Waals surface area contributed by atoms with Crippen molar-refractivity contribution in [3.8, 4) is 16.9 Å². The third-order valence-corrected chi connectivity index (χ3v) is 3.80. The van der Waals surface area contributed by atoms with E-state index in [1.807, 2.05) is 0 Å². The van der Waals surface area contributed by atoms with Crippen molar-refractivity contribution >= 4 is 0 Å². The molecule has 0 radical (unpaired) electrons. The van der Waals surface area contributed by atoms with E-state index in [9.17, 15) is 4.39 Å². The average molecular weight is 300 g/mol. The average Bonchev–Trinajstić information content (AvgIpc) is 2.48. The fourth-order valence-corrected chi connectivity index (χ4v) is 2.80. The molecule has 22 heavy (non-hydrogen) atoms. The molecule has 0 saturated carbocycles. The molecular weight excluding hydrogens is 275 g/mol. The second-order valence-electron chi connectivity index (χ2n) is 6.19. The van der Waals surface area contributed by atoms with Crippen molar-refractivity contribution in [1.82, 2.24) is 0 Å². The summed E-state index contributed by atoms with van der Waals surface area (Å²) in [5, 5.41) is 0. The van der Waals surface area contributed by atoms with E-state index in [0.717, 1.165) is 24.8 Å². The van der Waals surface area contributed by atoms with Gasteiger partial charge < -0.3 is 4.74 Å². The van der Waals surface area contributed by atoms with E-state index in [4.69, 9.17) is 4.74 Å². The van der Waals surface area contributed by atoms with E-state index >= 15 is 0 Å². The van der Waals surface area contributed by atoms with Gasteiger partial charge in [-0.3, -0.25) is 0 Å². The molecule has 0 aliphatic carbocycles. The van der Waals surface area contributed by atoms with Crippen LogP contribution in [0.1, 0.15) is 38.3 Å². The molecule has 0 amide bonds. The van der Waals surface area contributed by atoms with E-state index in [0.29, 0.717) is 17.2 Å². The molecule has 0 spiro atoms. The Morgan fingerprint density at radius 2 is 1.82 bits per heavy atom. The number of aryl methyl sites for hydroxylation is 1. The number of methoxy groups -OCH3 is 1. The van der Waals surface area contributed by atoms with Gasteiger partial charge in [0.15, 0.2) is 0 Å². The maximum atomic E-state index is 14.3. The SMILES string of the molecule is CCCc1ccc(-c2cc(OC)ccc2F)c(CC(C)C)c1. The van der Waals surface area contributed by atoms with Crippen LogP contribution < -0.4 is 4.74 Å². The Morgan fingerprint density at radius 3 is 2.45 bits per heavy atom. The zero-order valence-corrected chi connectivity index (χ0v) is 13.9. The summed E-state index contributed by atoms with van der Waals surface area (Å²) in [5.74, 6) is 1.02. The molecule has 118 valence electrons. The molecule has 0 heterocycles. The third-order valence-electron chi connectivity index (χ3n) is 3.80. The van der Waals surface area contributed by atoms with Gasteiger partial charge in [-0.15, -0.1) is 0 Å². The quantitative estimate of drug-likeness (QED) is 0.669. The molecule has 0 aliphatic rings. The van der Waals surface area contributed by atoms with E-state index in [1.165, 1.54) is 17.2 Å². The molecule has 0 saturated heterocycles. The highest BCUT2D eigenvalue weighted by molar-refractivity contribution is 5.70. The van der Waals surface area contributed by atoms with Gasteiger partial charge in [0.2, 0.25) is 0 Å². The summed E-state index contributed by atoms with van der Waals surface area (Å²) in [5.41, 5.74) is 4.14. The lowest BCUT2D eigenvalue weighted by Crippen LogP contribution is -2.00. The van der Waals surface area contributed by atoms with Crippen LogP contribution in [-0.4, -0.2) is 7.11 Å². The number of rotatable bonds is 6. The lowest BCUT2D eigenvalue weighted by Gasteiger charge is -2.15. The minimum atomic E-state index is -0.200. The van der Waals surface area contributed by atoms with Crippen LogP contribution in [0.3, 0.4) is 0 Å². The van der Waals surface area contributed by atoms with Crippen LogP contribution >= 0.6 is 0 Å². The Balaban J connectivity index is 2.53. The first-order valence-electron chi connectivity index (χ1n) is 8.00. The molecule has 2 rings (SSSR count). The molecule has 0 bridgehead atoms. The first-order chi connectivity index (χ1) is 10.5. The summed E-state index contributed by atoms with van der Waals surface area (Å²) in [4.78, 5) is 0. The third kappa shape index (κ3) is 3.88. The predicted molar refractivity (Wildman–Crippen MR) is 90.9 cm³/mol. The predicted octanol–water partition coefficient (Wildman–Crippen LogP) is 5.65. The van der Waals surface area contributed by atoms with Crippen LogP contribution in [0.2, 0.25) is 0 Å². The van der Waals surface area contributed by atoms with Crippen LogP contribution in [0, 0.1) is 11.7 Å². The van der Waals surface area contributed by atoms with Gasteiger partial charge >= 0.3 is 0 Å². The van der Waals surface area contributed by atoms with E-state index in [1.54, 1.807) is 19.2 Å². The minimum absolute atomic E-state index is 0.200. The summed E-state index contributed by atoms with van der Waals surface area (Å²) < 4.78 is 19.6. The van der Waals surface area contributed by atoms with Crippen LogP contribution in [0.15, 0.2) is 36.4 Å². The van der Waals surface area contributed by atoms with Crippen LogP contribution in [-0.2, 0) is 12.8 Å². The Kier molecular flexibility index (Phi) is 5.59. The molecule has 0 fully saturated rings. The summed E-state index contributed by atoms with van der Waals surface area (Å²) in [6, 6.07) is 11.3. The minimum Gasteiger partial charge on any atom is -0.497 e. The van der Waals surface area contributed by atoms with E-state index in [-0.39, 0.29) is 5.82 Å². The normalized spacial score (nSPS) is 11.0. The van der Waals surface area contributed by atoms with Gasteiger partial charge in [-0.05, 0) is 53.6 Å². The van der Waals surface area contributed by atoms with Crippen molar-refractivity contribution < 1.29 is 9.13 Å². The van der Waals surface area contributed by atoms with Crippen LogP contribution in [0.25, 0.3) is 11.1 Å². The summed E-state index contributed by atoms with van der Waals surface area (Å²) in [6.45, 7) is 6.56. The summed E-state index contributed by atoms with van der Waals surface area (Å²) >= 11 is 0. The van der Waals surface area contributed by atoms with Crippen molar-refractivity contribution in [1.29, 1.82) is 0 Å². The Hall–Kier alpha value is -1.83. The Labute approximate surface area is 133 Å². The highest BCUT2D eigenvalue weighted by Gasteiger charge is 2.13. The number of halogens is 1. The van der Waals surface area contributed by atoms with Crippen LogP contribution in [0.5, 0.6) is 5.75 Å². The van der Waals surface area contributed by atoms with Gasteiger partial charge in [0.05, 0.1) is 7.11 Å². The highest BCUT2D eigenvalue weighted by Crippen LogP contribution is 2.32. The molecular formula is C20H25FO. The van der Waals surface area contributed by atoms with Gasteiger partial charge in [0.25, 0.3) is 0 Å².